The van der Waals surface area contributed by atoms with Gasteiger partial charge in [0, 0.05) is 25.7 Å². The van der Waals surface area contributed by atoms with Crippen molar-refractivity contribution in [3.05, 3.63) is 0 Å². The molecule has 1 saturated carbocycles. The van der Waals surface area contributed by atoms with Gasteiger partial charge < -0.3 is 15.8 Å². The minimum absolute atomic E-state index is 0.388. The Labute approximate surface area is 100 Å². The van der Waals surface area contributed by atoms with E-state index < -0.39 is 0 Å². The third-order valence-corrected chi connectivity index (χ3v) is 3.79. The monoisotopic (exact) mass is 228 g/mol. The molecule has 0 aromatic carbocycles. The summed E-state index contributed by atoms with van der Waals surface area (Å²) in [7, 11) is 1.75. The van der Waals surface area contributed by atoms with Crippen molar-refractivity contribution in [2.45, 2.75) is 52.1 Å². The van der Waals surface area contributed by atoms with Crippen LogP contribution in [-0.2, 0) is 4.74 Å². The average Bonchev–Trinajstić information content (AvgIpc) is 2.55. The number of methoxy groups -OCH3 is 1. The molecule has 0 amide bonds. The van der Waals surface area contributed by atoms with Gasteiger partial charge in [0.05, 0.1) is 6.61 Å². The lowest BCUT2D eigenvalue weighted by atomic mass is 9.91. The standard InChI is InChI=1S/C13H28N2O/c1-10(9-16-4)12(8-14)15-11-5-6-13(2,3)7-11/h10-12,15H,5-9,14H2,1-4H3. The van der Waals surface area contributed by atoms with Crippen molar-refractivity contribution in [3.63, 3.8) is 0 Å². The van der Waals surface area contributed by atoms with Gasteiger partial charge in [0.2, 0.25) is 0 Å². The second-order valence-electron chi connectivity index (χ2n) is 6.05. The summed E-state index contributed by atoms with van der Waals surface area (Å²) < 4.78 is 5.20. The summed E-state index contributed by atoms with van der Waals surface area (Å²) in [4.78, 5) is 0. The van der Waals surface area contributed by atoms with E-state index in [0.29, 0.717) is 30.0 Å². The van der Waals surface area contributed by atoms with E-state index in [-0.39, 0.29) is 0 Å². The predicted molar refractivity (Wildman–Crippen MR) is 68.4 cm³/mol. The first-order valence-corrected chi connectivity index (χ1v) is 6.43. The van der Waals surface area contributed by atoms with E-state index in [4.69, 9.17) is 10.5 Å². The van der Waals surface area contributed by atoms with Crippen molar-refractivity contribution in [1.29, 1.82) is 0 Å². The van der Waals surface area contributed by atoms with Crippen molar-refractivity contribution in [3.8, 4) is 0 Å². The number of rotatable bonds is 6. The Morgan fingerprint density at radius 1 is 1.50 bits per heavy atom. The van der Waals surface area contributed by atoms with Gasteiger partial charge in [-0.25, -0.2) is 0 Å². The van der Waals surface area contributed by atoms with Gasteiger partial charge in [0.25, 0.3) is 0 Å². The van der Waals surface area contributed by atoms with Gasteiger partial charge in [-0.15, -0.1) is 0 Å². The number of hydrogen-bond donors (Lipinski definition) is 2. The second kappa shape index (κ2) is 5.99. The molecule has 0 bridgehead atoms. The van der Waals surface area contributed by atoms with Crippen LogP contribution in [0.25, 0.3) is 0 Å². The summed E-state index contributed by atoms with van der Waals surface area (Å²) in [6.07, 6.45) is 3.87. The van der Waals surface area contributed by atoms with Gasteiger partial charge in [-0.1, -0.05) is 20.8 Å². The molecule has 1 aliphatic carbocycles. The summed E-state index contributed by atoms with van der Waals surface area (Å²) >= 11 is 0. The zero-order valence-electron chi connectivity index (χ0n) is 11.3. The van der Waals surface area contributed by atoms with E-state index in [1.165, 1.54) is 19.3 Å². The van der Waals surface area contributed by atoms with Gasteiger partial charge in [-0.2, -0.15) is 0 Å². The Bertz CT molecular complexity index is 206. The van der Waals surface area contributed by atoms with E-state index in [0.717, 1.165) is 6.61 Å². The molecule has 3 unspecified atom stereocenters. The summed E-state index contributed by atoms with van der Waals surface area (Å²) in [5, 5.41) is 3.70. The molecule has 0 aliphatic heterocycles. The fraction of sp³-hybridized carbons (Fsp3) is 1.00. The zero-order valence-corrected chi connectivity index (χ0v) is 11.3. The largest absolute Gasteiger partial charge is 0.384 e. The highest BCUT2D eigenvalue weighted by Gasteiger charge is 2.32. The molecular weight excluding hydrogens is 200 g/mol. The molecule has 0 radical (unpaired) electrons. The van der Waals surface area contributed by atoms with E-state index in [9.17, 15) is 0 Å². The van der Waals surface area contributed by atoms with Crippen molar-refractivity contribution in [1.82, 2.24) is 5.32 Å². The smallest absolute Gasteiger partial charge is 0.0503 e. The van der Waals surface area contributed by atoms with Crippen LogP contribution in [0.5, 0.6) is 0 Å². The second-order valence-corrected chi connectivity index (χ2v) is 6.05. The van der Waals surface area contributed by atoms with E-state index in [1.54, 1.807) is 7.11 Å². The Hall–Kier alpha value is -0.120. The Morgan fingerprint density at radius 2 is 2.19 bits per heavy atom. The SMILES string of the molecule is COCC(C)C(CN)NC1CCC(C)(C)C1. The highest BCUT2D eigenvalue weighted by molar-refractivity contribution is 4.89. The lowest BCUT2D eigenvalue weighted by Crippen LogP contribution is -2.47. The number of nitrogens with one attached hydrogen (secondary N) is 1. The zero-order chi connectivity index (χ0) is 12.2. The molecule has 3 N–H and O–H groups in total. The van der Waals surface area contributed by atoms with E-state index >= 15 is 0 Å². The molecule has 0 aromatic rings. The maximum atomic E-state index is 5.83. The molecule has 1 fully saturated rings. The maximum Gasteiger partial charge on any atom is 0.0503 e. The first-order valence-electron chi connectivity index (χ1n) is 6.43. The molecule has 1 aliphatic rings. The third-order valence-electron chi connectivity index (χ3n) is 3.79. The molecule has 0 spiro atoms. The third kappa shape index (κ3) is 4.04. The molecule has 96 valence electrons. The van der Waals surface area contributed by atoms with Gasteiger partial charge in [0.15, 0.2) is 0 Å². The Morgan fingerprint density at radius 3 is 2.62 bits per heavy atom. The lowest BCUT2D eigenvalue weighted by Gasteiger charge is -2.27. The Balaban J connectivity index is 2.39. The summed E-state index contributed by atoms with van der Waals surface area (Å²) in [6, 6.07) is 1.03. The van der Waals surface area contributed by atoms with E-state index in [1.807, 2.05) is 0 Å². The van der Waals surface area contributed by atoms with Crippen molar-refractivity contribution in [2.75, 3.05) is 20.3 Å². The molecular formula is C13H28N2O. The minimum atomic E-state index is 0.388. The van der Waals surface area contributed by atoms with Crippen LogP contribution in [0.1, 0.15) is 40.0 Å². The number of hydrogen-bond acceptors (Lipinski definition) is 3. The normalized spacial score (nSPS) is 27.9. The summed E-state index contributed by atoms with van der Waals surface area (Å²) in [5.74, 6) is 0.485. The van der Waals surface area contributed by atoms with Crippen molar-refractivity contribution < 1.29 is 4.74 Å². The fourth-order valence-electron chi connectivity index (χ4n) is 2.72. The van der Waals surface area contributed by atoms with Gasteiger partial charge >= 0.3 is 0 Å². The molecule has 0 aromatic heterocycles. The average molecular weight is 228 g/mol. The highest BCUT2D eigenvalue weighted by Crippen LogP contribution is 2.37. The lowest BCUT2D eigenvalue weighted by molar-refractivity contribution is 0.136. The van der Waals surface area contributed by atoms with Crippen molar-refractivity contribution in [2.24, 2.45) is 17.1 Å². The maximum absolute atomic E-state index is 5.83. The predicted octanol–water partition coefficient (Wildman–Crippen LogP) is 1.76. The fourth-order valence-corrected chi connectivity index (χ4v) is 2.72. The van der Waals surface area contributed by atoms with Crippen LogP contribution in [-0.4, -0.2) is 32.3 Å². The van der Waals surface area contributed by atoms with Crippen LogP contribution in [0.3, 0.4) is 0 Å². The van der Waals surface area contributed by atoms with Crippen LogP contribution in [0, 0.1) is 11.3 Å². The first kappa shape index (κ1) is 13.9. The molecule has 1 rings (SSSR count). The van der Waals surface area contributed by atoms with Crippen LogP contribution >= 0.6 is 0 Å². The van der Waals surface area contributed by atoms with Gasteiger partial charge in [0.1, 0.15) is 0 Å². The molecule has 3 nitrogen and oxygen atoms in total. The van der Waals surface area contributed by atoms with Crippen LogP contribution in [0.15, 0.2) is 0 Å². The quantitative estimate of drug-likeness (QED) is 0.728. The molecule has 3 heteroatoms. The molecule has 0 heterocycles. The summed E-state index contributed by atoms with van der Waals surface area (Å²) in [6.45, 7) is 8.38. The van der Waals surface area contributed by atoms with Crippen LogP contribution in [0.2, 0.25) is 0 Å². The van der Waals surface area contributed by atoms with Crippen molar-refractivity contribution >= 4 is 0 Å². The molecule has 0 saturated heterocycles. The number of ether oxygens (including phenoxy) is 1. The summed E-state index contributed by atoms with van der Waals surface area (Å²) in [5.41, 5.74) is 6.33. The van der Waals surface area contributed by atoms with Gasteiger partial charge in [-0.05, 0) is 30.6 Å². The minimum Gasteiger partial charge on any atom is -0.384 e. The van der Waals surface area contributed by atoms with Gasteiger partial charge in [-0.3, -0.25) is 0 Å². The van der Waals surface area contributed by atoms with E-state index in [2.05, 4.69) is 26.1 Å². The Kier molecular flexibility index (Phi) is 5.22. The molecule has 16 heavy (non-hydrogen) atoms. The topological polar surface area (TPSA) is 47.3 Å². The number of nitrogens with two attached hydrogens (primary N) is 1. The molecule has 3 atom stereocenters. The van der Waals surface area contributed by atoms with Crippen LogP contribution in [0.4, 0.5) is 0 Å². The highest BCUT2D eigenvalue weighted by atomic mass is 16.5. The first-order chi connectivity index (χ1) is 7.48. The van der Waals surface area contributed by atoms with Crippen LogP contribution < -0.4 is 11.1 Å².